The van der Waals surface area contributed by atoms with Gasteiger partial charge in [0, 0.05) is 5.02 Å². The van der Waals surface area contributed by atoms with E-state index in [-0.39, 0.29) is 6.42 Å². The van der Waals surface area contributed by atoms with Gasteiger partial charge in [-0.2, -0.15) is 0 Å². The van der Waals surface area contributed by atoms with Gasteiger partial charge in [0.05, 0.1) is 6.42 Å². The summed E-state index contributed by atoms with van der Waals surface area (Å²) in [4.78, 5) is 33.8. The predicted molar refractivity (Wildman–Crippen MR) is 67.0 cm³/mol. The summed E-state index contributed by atoms with van der Waals surface area (Å²) in [5, 5.41) is 17.7. The number of nitrogens with zero attached hydrogens (tertiary/aromatic N) is 1. The van der Waals surface area contributed by atoms with E-state index in [1.165, 1.54) is 0 Å². The zero-order valence-corrected chi connectivity index (χ0v) is 10.6. The normalized spacial score (nSPS) is 9.95. The van der Waals surface area contributed by atoms with Crippen LogP contribution in [0.5, 0.6) is 0 Å². The largest absolute Gasteiger partial charge is 0.480 e. The molecule has 7 heteroatoms. The fraction of sp³-hybridized carbons (Fsp3) is 0.250. The number of carbonyl (C=O) groups excluding carboxylic acids is 1. The third-order valence-electron chi connectivity index (χ3n) is 2.25. The van der Waals surface area contributed by atoms with Crippen LogP contribution in [0.4, 0.5) is 0 Å². The summed E-state index contributed by atoms with van der Waals surface area (Å²) in [6.07, 6.45) is -0.0961. The molecule has 0 saturated carbocycles. The summed E-state index contributed by atoms with van der Waals surface area (Å²) < 4.78 is 0. The molecule has 0 bridgehead atoms. The zero-order valence-electron chi connectivity index (χ0n) is 9.88. The Labute approximate surface area is 114 Å². The summed E-state index contributed by atoms with van der Waals surface area (Å²) in [6.45, 7) is -1.29. The SMILES string of the molecule is O=C(O)CN(CC(=O)O)C(=O)Cc1cccc(Cl)c1. The minimum atomic E-state index is -1.26. The van der Waals surface area contributed by atoms with Gasteiger partial charge in [-0.25, -0.2) is 0 Å². The Morgan fingerprint density at radius 3 is 2.16 bits per heavy atom. The van der Waals surface area contributed by atoms with E-state index in [0.29, 0.717) is 10.6 Å². The fourth-order valence-corrected chi connectivity index (χ4v) is 1.71. The molecule has 0 aliphatic heterocycles. The van der Waals surface area contributed by atoms with Crippen molar-refractivity contribution in [1.29, 1.82) is 0 Å². The highest BCUT2D eigenvalue weighted by molar-refractivity contribution is 6.30. The van der Waals surface area contributed by atoms with Crippen LogP contribution in [0.1, 0.15) is 5.56 Å². The van der Waals surface area contributed by atoms with Crippen molar-refractivity contribution < 1.29 is 24.6 Å². The Hall–Kier alpha value is -2.08. The Morgan fingerprint density at radius 1 is 1.11 bits per heavy atom. The third-order valence-corrected chi connectivity index (χ3v) is 2.48. The van der Waals surface area contributed by atoms with Gasteiger partial charge in [0.1, 0.15) is 13.1 Å². The Bertz CT molecular complexity index is 487. The number of halogens is 1. The second-order valence-electron chi connectivity index (χ2n) is 3.84. The van der Waals surface area contributed by atoms with E-state index < -0.39 is 30.9 Å². The second kappa shape index (κ2) is 6.75. The van der Waals surface area contributed by atoms with Gasteiger partial charge in [-0.15, -0.1) is 0 Å². The molecule has 1 aromatic rings. The van der Waals surface area contributed by atoms with E-state index in [1.54, 1.807) is 24.3 Å². The van der Waals surface area contributed by atoms with Gasteiger partial charge in [-0.05, 0) is 17.7 Å². The second-order valence-corrected chi connectivity index (χ2v) is 4.28. The molecule has 1 rings (SSSR count). The van der Waals surface area contributed by atoms with Gasteiger partial charge < -0.3 is 15.1 Å². The highest BCUT2D eigenvalue weighted by atomic mass is 35.5. The number of hydrogen-bond acceptors (Lipinski definition) is 3. The zero-order chi connectivity index (χ0) is 14.4. The number of amides is 1. The quantitative estimate of drug-likeness (QED) is 0.809. The summed E-state index contributed by atoms with van der Waals surface area (Å²) in [5.41, 5.74) is 0.596. The van der Waals surface area contributed by atoms with Gasteiger partial charge in [-0.1, -0.05) is 23.7 Å². The van der Waals surface area contributed by atoms with Crippen LogP contribution in [0, 0.1) is 0 Å². The molecule has 6 nitrogen and oxygen atoms in total. The number of carboxylic acids is 2. The van der Waals surface area contributed by atoms with Crippen LogP contribution in [0.3, 0.4) is 0 Å². The molecule has 1 aromatic carbocycles. The van der Waals surface area contributed by atoms with Crippen LogP contribution >= 0.6 is 11.6 Å². The summed E-state index contributed by atoms with van der Waals surface area (Å²) in [5.74, 6) is -3.10. The first-order valence-corrected chi connectivity index (χ1v) is 5.72. The van der Waals surface area contributed by atoms with Gasteiger partial charge in [0.15, 0.2) is 0 Å². The smallest absolute Gasteiger partial charge is 0.323 e. The van der Waals surface area contributed by atoms with Gasteiger partial charge in [0.2, 0.25) is 5.91 Å². The predicted octanol–water partition coefficient (Wildman–Crippen LogP) is 0.880. The summed E-state index contributed by atoms with van der Waals surface area (Å²) in [7, 11) is 0. The van der Waals surface area contributed by atoms with E-state index in [1.807, 2.05) is 0 Å². The van der Waals surface area contributed by atoms with Crippen LogP contribution in [-0.2, 0) is 20.8 Å². The lowest BCUT2D eigenvalue weighted by atomic mass is 10.1. The fourth-order valence-electron chi connectivity index (χ4n) is 1.49. The molecule has 0 aromatic heterocycles. The molecule has 102 valence electrons. The van der Waals surface area contributed by atoms with E-state index >= 15 is 0 Å². The molecule has 19 heavy (non-hydrogen) atoms. The van der Waals surface area contributed by atoms with Crippen molar-refractivity contribution in [3.8, 4) is 0 Å². The Kier molecular flexibility index (Phi) is 5.32. The molecular formula is C12H12ClNO5. The first-order valence-electron chi connectivity index (χ1n) is 5.34. The maximum absolute atomic E-state index is 11.9. The Balaban J connectivity index is 2.76. The average Bonchev–Trinajstić information content (AvgIpc) is 2.26. The van der Waals surface area contributed by atoms with Gasteiger partial charge in [-0.3, -0.25) is 14.4 Å². The first kappa shape index (κ1) is 15.0. The van der Waals surface area contributed by atoms with E-state index in [0.717, 1.165) is 4.90 Å². The lowest BCUT2D eigenvalue weighted by molar-refractivity contribution is -0.149. The maximum Gasteiger partial charge on any atom is 0.323 e. The molecule has 0 heterocycles. The molecule has 0 atom stereocenters. The van der Waals surface area contributed by atoms with E-state index in [2.05, 4.69) is 0 Å². The van der Waals surface area contributed by atoms with E-state index in [4.69, 9.17) is 21.8 Å². The van der Waals surface area contributed by atoms with Crippen molar-refractivity contribution in [3.63, 3.8) is 0 Å². The number of hydrogen-bond donors (Lipinski definition) is 2. The van der Waals surface area contributed by atoms with Crippen LogP contribution in [0.15, 0.2) is 24.3 Å². The molecule has 2 N–H and O–H groups in total. The van der Waals surface area contributed by atoms with Crippen molar-refractivity contribution >= 4 is 29.4 Å². The molecule has 0 radical (unpaired) electrons. The standard InChI is InChI=1S/C12H12ClNO5/c13-9-3-1-2-8(4-9)5-10(15)14(6-11(16)17)7-12(18)19/h1-4H,5-7H2,(H,16,17)(H,18,19). The van der Waals surface area contributed by atoms with Crippen molar-refractivity contribution in [2.24, 2.45) is 0 Å². The molecule has 0 aliphatic carbocycles. The van der Waals surface area contributed by atoms with Crippen molar-refractivity contribution in [2.45, 2.75) is 6.42 Å². The number of carbonyl (C=O) groups is 3. The lowest BCUT2D eigenvalue weighted by Crippen LogP contribution is -2.40. The minimum absolute atomic E-state index is 0.0961. The monoisotopic (exact) mass is 285 g/mol. The number of rotatable bonds is 6. The number of benzene rings is 1. The molecule has 0 aliphatic rings. The van der Waals surface area contributed by atoms with Crippen molar-refractivity contribution in [3.05, 3.63) is 34.9 Å². The highest BCUT2D eigenvalue weighted by Gasteiger charge is 2.19. The summed E-state index contributed by atoms with van der Waals surface area (Å²) >= 11 is 5.76. The first-order chi connectivity index (χ1) is 8.88. The van der Waals surface area contributed by atoms with Crippen molar-refractivity contribution in [1.82, 2.24) is 4.90 Å². The van der Waals surface area contributed by atoms with Crippen LogP contribution in [0.2, 0.25) is 5.02 Å². The van der Waals surface area contributed by atoms with Crippen LogP contribution in [0.25, 0.3) is 0 Å². The van der Waals surface area contributed by atoms with Crippen molar-refractivity contribution in [2.75, 3.05) is 13.1 Å². The molecule has 0 spiro atoms. The third kappa shape index (κ3) is 5.39. The van der Waals surface area contributed by atoms with E-state index in [9.17, 15) is 14.4 Å². The summed E-state index contributed by atoms with van der Waals surface area (Å²) in [6, 6.07) is 6.52. The number of carboxylic acid groups (broad SMARTS) is 2. The van der Waals surface area contributed by atoms with Gasteiger partial charge in [0.25, 0.3) is 0 Å². The maximum atomic E-state index is 11.9. The number of aliphatic carboxylic acids is 2. The van der Waals surface area contributed by atoms with Crippen LogP contribution in [-0.4, -0.2) is 46.0 Å². The van der Waals surface area contributed by atoms with Gasteiger partial charge >= 0.3 is 11.9 Å². The Morgan fingerprint density at radius 2 is 1.68 bits per heavy atom. The van der Waals surface area contributed by atoms with Crippen LogP contribution < -0.4 is 0 Å². The lowest BCUT2D eigenvalue weighted by Gasteiger charge is -2.18. The molecule has 0 unspecified atom stereocenters. The minimum Gasteiger partial charge on any atom is -0.480 e. The topological polar surface area (TPSA) is 94.9 Å². The average molecular weight is 286 g/mol. The molecule has 0 fully saturated rings. The molecule has 1 amide bonds. The highest BCUT2D eigenvalue weighted by Crippen LogP contribution is 2.12. The molecule has 0 saturated heterocycles. The molecular weight excluding hydrogens is 274 g/mol.